The van der Waals surface area contributed by atoms with Crippen LogP contribution in [0.15, 0.2) is 91.1 Å². The molecule has 5 heteroatoms. The number of phenolic OH excluding ortho intramolecular Hbond substituents is 1. The monoisotopic (exact) mass is 680 g/mol. The summed E-state index contributed by atoms with van der Waals surface area (Å²) in [5.41, 5.74) is 6.83. The van der Waals surface area contributed by atoms with Gasteiger partial charge < -0.3 is 5.11 Å². The Labute approximate surface area is 235 Å². The first-order valence-corrected chi connectivity index (χ1v) is 12.8. The Balaban J connectivity index is 0.00000280. The van der Waals surface area contributed by atoms with E-state index in [2.05, 4.69) is 87.5 Å². The van der Waals surface area contributed by atoms with E-state index in [1.165, 1.54) is 5.56 Å². The Hall–Kier alpha value is -3.33. The third-order valence-corrected chi connectivity index (χ3v) is 7.57. The quantitative estimate of drug-likeness (QED) is 0.191. The van der Waals surface area contributed by atoms with Crippen molar-refractivity contribution in [3.8, 4) is 38.7 Å². The normalized spacial score (nSPS) is 11.5. The summed E-state index contributed by atoms with van der Waals surface area (Å²) >= 11 is 1.59. The molecule has 0 amide bonds. The SMILES string of the molecule is CC(C)(C)c1ccnc(-c2[c-]c(-c3cccc4sc(-c5ccccc5O)nc34)c3ccccc3c2)c1.[Pt]. The summed E-state index contributed by atoms with van der Waals surface area (Å²) in [4.78, 5) is 9.71. The van der Waals surface area contributed by atoms with Crippen LogP contribution in [0, 0.1) is 6.07 Å². The smallest absolute Gasteiger partial charge is 0.127 e. The van der Waals surface area contributed by atoms with Crippen LogP contribution in [0.25, 0.3) is 53.9 Å². The number of hydrogen-bond acceptors (Lipinski definition) is 4. The van der Waals surface area contributed by atoms with Crippen molar-refractivity contribution in [1.82, 2.24) is 9.97 Å². The molecule has 0 atom stereocenters. The van der Waals surface area contributed by atoms with E-state index in [1.54, 1.807) is 17.4 Å². The standard InChI is InChI=1S/C32H25N2OS.Pt/c1-32(2,3)22-15-16-33-27(19-22)21-17-20-9-4-5-10-23(20)26(18-21)24-12-8-14-29-30(24)34-31(36-29)25-11-6-7-13-28(25)35;/h4-17,19,35H,1-3H3;/q-1;. The van der Waals surface area contributed by atoms with Crippen molar-refractivity contribution in [3.05, 3.63) is 103 Å². The summed E-state index contributed by atoms with van der Waals surface area (Å²) in [6.07, 6.45) is 1.89. The van der Waals surface area contributed by atoms with Gasteiger partial charge in [0, 0.05) is 37.7 Å². The summed E-state index contributed by atoms with van der Waals surface area (Å²) < 4.78 is 1.07. The molecule has 37 heavy (non-hydrogen) atoms. The van der Waals surface area contributed by atoms with Crippen molar-refractivity contribution in [1.29, 1.82) is 0 Å². The second kappa shape index (κ2) is 9.85. The van der Waals surface area contributed by atoms with Crippen LogP contribution in [0.5, 0.6) is 5.75 Å². The molecule has 186 valence electrons. The molecule has 0 aliphatic heterocycles. The molecule has 4 aromatic carbocycles. The Morgan fingerprint density at radius 1 is 0.838 bits per heavy atom. The van der Waals surface area contributed by atoms with Crippen LogP contribution < -0.4 is 0 Å². The predicted molar refractivity (Wildman–Crippen MR) is 150 cm³/mol. The molecule has 0 unspecified atom stereocenters. The fraction of sp³-hybridized carbons (Fsp3) is 0.125. The van der Waals surface area contributed by atoms with Crippen LogP contribution in [0.3, 0.4) is 0 Å². The van der Waals surface area contributed by atoms with Crippen LogP contribution in [-0.2, 0) is 26.5 Å². The molecule has 0 aliphatic carbocycles. The van der Waals surface area contributed by atoms with Crippen molar-refractivity contribution in [3.63, 3.8) is 0 Å². The van der Waals surface area contributed by atoms with Crippen molar-refractivity contribution in [2.24, 2.45) is 0 Å². The zero-order valence-electron chi connectivity index (χ0n) is 20.7. The number of benzene rings is 4. The average Bonchev–Trinajstić information content (AvgIpc) is 3.32. The summed E-state index contributed by atoms with van der Waals surface area (Å²) in [6, 6.07) is 32.1. The number of rotatable bonds is 3. The van der Waals surface area contributed by atoms with E-state index >= 15 is 0 Å². The van der Waals surface area contributed by atoms with Crippen LogP contribution >= 0.6 is 11.3 Å². The van der Waals surface area contributed by atoms with Gasteiger partial charge in [0.25, 0.3) is 0 Å². The minimum Gasteiger partial charge on any atom is -0.507 e. The van der Waals surface area contributed by atoms with Crippen molar-refractivity contribution in [2.45, 2.75) is 26.2 Å². The number of para-hydroxylation sites is 2. The summed E-state index contributed by atoms with van der Waals surface area (Å²) in [6.45, 7) is 6.64. The number of aromatic nitrogens is 2. The van der Waals surface area contributed by atoms with Crippen molar-refractivity contribution >= 4 is 32.3 Å². The average molecular weight is 681 g/mol. The van der Waals surface area contributed by atoms with E-state index in [9.17, 15) is 5.11 Å². The number of phenols is 1. The Kier molecular flexibility index (Phi) is 6.74. The molecule has 0 aliphatic rings. The van der Waals surface area contributed by atoms with Crippen molar-refractivity contribution in [2.75, 3.05) is 0 Å². The predicted octanol–water partition coefficient (Wildman–Crippen LogP) is 8.65. The first-order valence-electron chi connectivity index (χ1n) is 12.0. The molecule has 0 radical (unpaired) electrons. The van der Waals surface area contributed by atoms with E-state index in [1.807, 2.05) is 24.4 Å². The van der Waals surface area contributed by atoms with E-state index in [0.717, 1.165) is 53.9 Å². The molecule has 3 nitrogen and oxygen atoms in total. The van der Waals surface area contributed by atoms with E-state index in [-0.39, 0.29) is 32.2 Å². The van der Waals surface area contributed by atoms with E-state index < -0.39 is 0 Å². The van der Waals surface area contributed by atoms with Gasteiger partial charge in [-0.25, -0.2) is 4.98 Å². The van der Waals surface area contributed by atoms with Crippen LogP contribution in [0.4, 0.5) is 0 Å². The summed E-state index contributed by atoms with van der Waals surface area (Å²) in [7, 11) is 0. The fourth-order valence-electron chi connectivity index (χ4n) is 4.56. The number of nitrogens with zero attached hydrogens (tertiary/aromatic N) is 2. The number of fused-ring (bicyclic) bond motifs is 2. The van der Waals surface area contributed by atoms with Gasteiger partial charge in [0.2, 0.25) is 0 Å². The van der Waals surface area contributed by atoms with Gasteiger partial charge in [0.1, 0.15) is 10.8 Å². The van der Waals surface area contributed by atoms with Gasteiger partial charge in [-0.3, -0.25) is 4.98 Å². The van der Waals surface area contributed by atoms with Gasteiger partial charge in [0.15, 0.2) is 0 Å². The molecule has 2 aromatic heterocycles. The van der Waals surface area contributed by atoms with Crippen LogP contribution in [0.1, 0.15) is 26.3 Å². The van der Waals surface area contributed by atoms with Gasteiger partial charge in [-0.1, -0.05) is 97.3 Å². The van der Waals surface area contributed by atoms with Gasteiger partial charge in [-0.15, -0.1) is 29.0 Å². The number of hydrogen-bond donors (Lipinski definition) is 1. The Morgan fingerprint density at radius 3 is 2.41 bits per heavy atom. The summed E-state index contributed by atoms with van der Waals surface area (Å²) in [5, 5.41) is 13.5. The van der Waals surface area contributed by atoms with E-state index in [0.29, 0.717) is 0 Å². The second-order valence-corrected chi connectivity index (χ2v) is 11.0. The maximum atomic E-state index is 10.4. The molecule has 0 fully saturated rings. The zero-order chi connectivity index (χ0) is 24.9. The summed E-state index contributed by atoms with van der Waals surface area (Å²) in [5.74, 6) is 0.238. The zero-order valence-corrected chi connectivity index (χ0v) is 23.8. The molecule has 0 bridgehead atoms. The van der Waals surface area contributed by atoms with Crippen molar-refractivity contribution < 1.29 is 26.2 Å². The third-order valence-electron chi connectivity index (χ3n) is 6.51. The molecule has 0 saturated heterocycles. The molecular weight excluding hydrogens is 656 g/mol. The van der Waals surface area contributed by atoms with Gasteiger partial charge in [-0.05, 0) is 35.2 Å². The first kappa shape index (κ1) is 25.3. The van der Waals surface area contributed by atoms with Crippen LogP contribution in [0.2, 0.25) is 0 Å². The van der Waals surface area contributed by atoms with Crippen LogP contribution in [-0.4, -0.2) is 15.1 Å². The molecule has 0 saturated carbocycles. The van der Waals surface area contributed by atoms with Gasteiger partial charge in [-0.2, -0.15) is 0 Å². The molecule has 6 aromatic rings. The van der Waals surface area contributed by atoms with Gasteiger partial charge >= 0.3 is 0 Å². The number of pyridine rings is 1. The minimum atomic E-state index is 0. The molecule has 6 rings (SSSR count). The minimum absolute atomic E-state index is 0. The molecule has 0 spiro atoms. The number of thiazole rings is 1. The molecule has 1 N–H and O–H groups in total. The largest absolute Gasteiger partial charge is 0.507 e. The van der Waals surface area contributed by atoms with E-state index in [4.69, 9.17) is 9.97 Å². The Morgan fingerprint density at radius 2 is 1.59 bits per heavy atom. The second-order valence-electron chi connectivity index (χ2n) is 10.0. The first-order chi connectivity index (χ1) is 17.4. The fourth-order valence-corrected chi connectivity index (χ4v) is 5.59. The number of aromatic hydroxyl groups is 1. The maximum absolute atomic E-state index is 10.4. The third kappa shape index (κ3) is 4.72. The Bertz CT molecular complexity index is 1750. The topological polar surface area (TPSA) is 46.0 Å². The van der Waals surface area contributed by atoms with Gasteiger partial charge in [0.05, 0.1) is 11.1 Å². The molecule has 2 heterocycles. The molecular formula is C32H25N2OPtS-. The maximum Gasteiger partial charge on any atom is 0.127 e.